The van der Waals surface area contributed by atoms with Crippen LogP contribution < -0.4 is 5.32 Å². The van der Waals surface area contributed by atoms with Crippen LogP contribution >= 0.6 is 0 Å². The Bertz CT molecular complexity index is 868. The van der Waals surface area contributed by atoms with Crippen LogP contribution in [0.4, 0.5) is 13.2 Å². The van der Waals surface area contributed by atoms with Gasteiger partial charge in [0.05, 0.1) is 34.4 Å². The third-order valence-corrected chi connectivity index (χ3v) is 4.32. The first-order chi connectivity index (χ1) is 12.6. The van der Waals surface area contributed by atoms with Gasteiger partial charge in [-0.3, -0.25) is 0 Å². The fourth-order valence-electron chi connectivity index (χ4n) is 3.24. The van der Waals surface area contributed by atoms with Gasteiger partial charge in [-0.1, -0.05) is 18.2 Å². The van der Waals surface area contributed by atoms with Crippen molar-refractivity contribution in [3.8, 4) is 0 Å². The summed E-state index contributed by atoms with van der Waals surface area (Å²) in [5.74, 6) is -2.35. The SMILES string of the molecule is CC1=C(C(=O)OC(C)C)C(c2cccc(C(F)(F)F)c2)C2=C(COC2=O)N1. The van der Waals surface area contributed by atoms with Crippen LogP contribution in [0.15, 0.2) is 46.8 Å². The van der Waals surface area contributed by atoms with E-state index in [1.807, 2.05) is 0 Å². The number of esters is 2. The van der Waals surface area contributed by atoms with Crippen molar-refractivity contribution in [2.75, 3.05) is 6.61 Å². The maximum Gasteiger partial charge on any atom is 0.416 e. The summed E-state index contributed by atoms with van der Waals surface area (Å²) >= 11 is 0. The standard InChI is InChI=1S/C19H18F3NO4/c1-9(2)27-18(25)14-10(3)23-13-8-26-17(24)16(13)15(14)11-5-4-6-12(7-11)19(20,21)22/h4-7,9,15,23H,8H2,1-3H3. The second-order valence-electron chi connectivity index (χ2n) is 6.64. The summed E-state index contributed by atoms with van der Waals surface area (Å²) in [5.41, 5.74) is 0.409. The van der Waals surface area contributed by atoms with Gasteiger partial charge in [-0.25, -0.2) is 9.59 Å². The number of ether oxygens (including phenoxy) is 2. The lowest BCUT2D eigenvalue weighted by Gasteiger charge is -2.28. The fourth-order valence-corrected chi connectivity index (χ4v) is 3.24. The Morgan fingerprint density at radius 2 is 2.04 bits per heavy atom. The van der Waals surface area contributed by atoms with Gasteiger partial charge in [-0.15, -0.1) is 0 Å². The second kappa shape index (κ2) is 6.75. The van der Waals surface area contributed by atoms with Gasteiger partial charge in [0.2, 0.25) is 0 Å². The molecular weight excluding hydrogens is 363 g/mol. The number of cyclic esters (lactones) is 1. The quantitative estimate of drug-likeness (QED) is 0.813. The summed E-state index contributed by atoms with van der Waals surface area (Å²) < 4.78 is 49.8. The molecular formula is C19H18F3NO4. The average Bonchev–Trinajstić information content (AvgIpc) is 2.93. The molecule has 0 aliphatic carbocycles. The number of halogens is 3. The number of hydrogen-bond donors (Lipinski definition) is 1. The van der Waals surface area contributed by atoms with E-state index >= 15 is 0 Å². The lowest BCUT2D eigenvalue weighted by Crippen LogP contribution is -2.31. The summed E-state index contributed by atoms with van der Waals surface area (Å²) in [5, 5.41) is 2.95. The van der Waals surface area contributed by atoms with E-state index in [1.54, 1.807) is 20.8 Å². The first-order valence-corrected chi connectivity index (χ1v) is 8.35. The highest BCUT2D eigenvalue weighted by atomic mass is 19.4. The zero-order chi connectivity index (χ0) is 19.9. The minimum Gasteiger partial charge on any atom is -0.460 e. The molecule has 1 atom stereocenters. The number of carbonyl (C=O) groups excluding carboxylic acids is 2. The lowest BCUT2D eigenvalue weighted by atomic mass is 9.80. The van der Waals surface area contributed by atoms with Gasteiger partial charge in [0.15, 0.2) is 0 Å². The zero-order valence-electron chi connectivity index (χ0n) is 14.9. The van der Waals surface area contributed by atoms with Gasteiger partial charge >= 0.3 is 18.1 Å². The largest absolute Gasteiger partial charge is 0.460 e. The monoisotopic (exact) mass is 381 g/mol. The van der Waals surface area contributed by atoms with Crippen molar-refractivity contribution >= 4 is 11.9 Å². The van der Waals surface area contributed by atoms with Gasteiger partial charge in [0.1, 0.15) is 6.61 Å². The summed E-state index contributed by atoms with van der Waals surface area (Å²) in [6.07, 6.45) is -4.97. The number of rotatable bonds is 3. The molecule has 0 amide bonds. The Morgan fingerprint density at radius 1 is 1.33 bits per heavy atom. The van der Waals surface area contributed by atoms with Crippen LogP contribution in [0.5, 0.6) is 0 Å². The number of alkyl halides is 3. The zero-order valence-corrected chi connectivity index (χ0v) is 14.9. The van der Waals surface area contributed by atoms with E-state index in [0.717, 1.165) is 12.1 Å². The van der Waals surface area contributed by atoms with Gasteiger partial charge in [0, 0.05) is 5.70 Å². The highest BCUT2D eigenvalue weighted by Crippen LogP contribution is 2.42. The Hall–Kier alpha value is -2.77. The number of dihydropyridines is 1. The number of carbonyl (C=O) groups is 2. The Balaban J connectivity index is 2.15. The third kappa shape index (κ3) is 3.56. The molecule has 2 aliphatic heterocycles. The van der Waals surface area contributed by atoms with E-state index in [2.05, 4.69) is 5.32 Å². The highest BCUT2D eigenvalue weighted by molar-refractivity contribution is 6.01. The smallest absolute Gasteiger partial charge is 0.416 e. The molecule has 0 saturated heterocycles. The molecule has 8 heteroatoms. The van der Waals surface area contributed by atoms with Crippen LogP contribution in [0, 0.1) is 0 Å². The van der Waals surface area contributed by atoms with Crippen LogP contribution in [-0.2, 0) is 25.2 Å². The van der Waals surface area contributed by atoms with Crippen molar-refractivity contribution in [2.45, 2.75) is 39.0 Å². The number of hydrogen-bond acceptors (Lipinski definition) is 5. The van der Waals surface area contributed by atoms with Crippen molar-refractivity contribution < 1.29 is 32.2 Å². The molecule has 2 aliphatic rings. The molecule has 1 N–H and O–H groups in total. The Morgan fingerprint density at radius 3 is 2.67 bits per heavy atom. The molecule has 0 saturated carbocycles. The molecule has 2 heterocycles. The molecule has 3 rings (SSSR count). The van der Waals surface area contributed by atoms with Crippen molar-refractivity contribution in [3.05, 3.63) is 57.9 Å². The van der Waals surface area contributed by atoms with Crippen LogP contribution in [0.25, 0.3) is 0 Å². The Labute approximate surface area is 153 Å². The van der Waals surface area contributed by atoms with E-state index in [1.165, 1.54) is 12.1 Å². The first-order valence-electron chi connectivity index (χ1n) is 8.35. The molecule has 1 aromatic rings. The first kappa shape index (κ1) is 19.0. The van der Waals surface area contributed by atoms with Crippen molar-refractivity contribution in [1.82, 2.24) is 5.32 Å². The lowest BCUT2D eigenvalue weighted by molar-refractivity contribution is -0.143. The van der Waals surface area contributed by atoms with Crippen molar-refractivity contribution in [2.24, 2.45) is 0 Å². The minimum atomic E-state index is -4.55. The van der Waals surface area contributed by atoms with E-state index in [-0.39, 0.29) is 23.3 Å². The van der Waals surface area contributed by atoms with Crippen LogP contribution in [0.1, 0.15) is 37.8 Å². The minimum absolute atomic E-state index is 0.0204. The topological polar surface area (TPSA) is 64.6 Å². The highest BCUT2D eigenvalue weighted by Gasteiger charge is 2.42. The van der Waals surface area contributed by atoms with E-state index in [9.17, 15) is 22.8 Å². The molecule has 0 radical (unpaired) electrons. The molecule has 1 unspecified atom stereocenters. The maximum atomic E-state index is 13.2. The van der Waals surface area contributed by atoms with Gasteiger partial charge in [-0.2, -0.15) is 13.2 Å². The average molecular weight is 381 g/mol. The summed E-state index contributed by atoms with van der Waals surface area (Å²) in [4.78, 5) is 24.9. The normalized spacial score (nSPS) is 19.8. The molecule has 5 nitrogen and oxygen atoms in total. The molecule has 0 spiro atoms. The molecule has 0 bridgehead atoms. The second-order valence-corrected chi connectivity index (χ2v) is 6.64. The summed E-state index contributed by atoms with van der Waals surface area (Å²) in [7, 11) is 0. The predicted molar refractivity (Wildman–Crippen MR) is 89.2 cm³/mol. The number of nitrogens with one attached hydrogen (secondary N) is 1. The Kier molecular flexibility index (Phi) is 4.75. The van der Waals surface area contributed by atoms with Crippen LogP contribution in [0.2, 0.25) is 0 Å². The predicted octanol–water partition coefficient (Wildman–Crippen LogP) is 3.43. The van der Waals surface area contributed by atoms with E-state index in [0.29, 0.717) is 11.4 Å². The summed E-state index contributed by atoms with van der Waals surface area (Å²) in [6, 6.07) is 4.59. The molecule has 0 aromatic heterocycles. The number of benzene rings is 1. The maximum absolute atomic E-state index is 13.2. The summed E-state index contributed by atoms with van der Waals surface area (Å²) in [6.45, 7) is 4.92. The van der Waals surface area contributed by atoms with Gasteiger partial charge in [0.25, 0.3) is 0 Å². The molecule has 144 valence electrons. The van der Waals surface area contributed by atoms with Crippen LogP contribution in [-0.4, -0.2) is 24.6 Å². The van der Waals surface area contributed by atoms with E-state index < -0.39 is 35.7 Å². The van der Waals surface area contributed by atoms with Gasteiger partial charge in [-0.05, 0) is 32.4 Å². The fraction of sp³-hybridized carbons (Fsp3) is 0.368. The molecule has 1 aromatic carbocycles. The number of allylic oxidation sites excluding steroid dienone is 1. The molecule has 0 fully saturated rings. The van der Waals surface area contributed by atoms with Crippen LogP contribution in [0.3, 0.4) is 0 Å². The third-order valence-electron chi connectivity index (χ3n) is 4.32. The molecule has 27 heavy (non-hydrogen) atoms. The van der Waals surface area contributed by atoms with Gasteiger partial charge < -0.3 is 14.8 Å². The van der Waals surface area contributed by atoms with Crippen molar-refractivity contribution in [1.29, 1.82) is 0 Å². The van der Waals surface area contributed by atoms with E-state index in [4.69, 9.17) is 9.47 Å². The van der Waals surface area contributed by atoms with Crippen molar-refractivity contribution in [3.63, 3.8) is 0 Å².